The van der Waals surface area contributed by atoms with Gasteiger partial charge >= 0.3 is 0 Å². The minimum atomic E-state index is -0.291. The van der Waals surface area contributed by atoms with Crippen LogP contribution in [0.25, 0.3) is 0 Å². The zero-order valence-electron chi connectivity index (χ0n) is 12.6. The fourth-order valence-corrected chi connectivity index (χ4v) is 2.90. The van der Waals surface area contributed by atoms with E-state index in [1.165, 1.54) is 7.11 Å². The summed E-state index contributed by atoms with van der Waals surface area (Å²) in [5, 5.41) is 6.47. The molecule has 2 aromatic rings. The molecule has 0 saturated heterocycles. The zero-order chi connectivity index (χ0) is 15.2. The molecule has 1 heterocycles. The lowest BCUT2D eigenvalue weighted by Crippen LogP contribution is -2.25. The molecule has 114 valence electrons. The molecule has 0 bridgehead atoms. The minimum absolute atomic E-state index is 0.0958. The molecule has 0 aliphatic carbocycles. The van der Waals surface area contributed by atoms with Gasteiger partial charge in [-0.1, -0.05) is 19.1 Å². The van der Waals surface area contributed by atoms with Gasteiger partial charge in [0.25, 0.3) is 0 Å². The van der Waals surface area contributed by atoms with Crippen molar-refractivity contribution in [3.05, 3.63) is 45.7 Å². The summed E-state index contributed by atoms with van der Waals surface area (Å²) in [7, 11) is 1.49. The fourth-order valence-electron chi connectivity index (χ4n) is 2.28. The van der Waals surface area contributed by atoms with Gasteiger partial charge in [-0.2, -0.15) is 0 Å². The average Bonchev–Trinajstić information content (AvgIpc) is 2.89. The van der Waals surface area contributed by atoms with E-state index in [4.69, 9.17) is 4.74 Å². The highest BCUT2D eigenvalue weighted by atomic mass is 32.1. The van der Waals surface area contributed by atoms with E-state index in [2.05, 4.69) is 17.2 Å². The molecule has 3 nitrogen and oxygen atoms in total. The van der Waals surface area contributed by atoms with Crippen LogP contribution in [0.2, 0.25) is 0 Å². The maximum atomic E-state index is 14.5. The Morgan fingerprint density at radius 3 is 2.86 bits per heavy atom. The van der Waals surface area contributed by atoms with E-state index < -0.39 is 0 Å². The van der Waals surface area contributed by atoms with E-state index in [9.17, 15) is 4.39 Å². The molecule has 0 radical (unpaired) electrons. The zero-order valence-corrected chi connectivity index (χ0v) is 13.5. The number of thiazole rings is 1. The monoisotopic (exact) mass is 308 g/mol. The molecule has 1 unspecified atom stereocenters. The second-order valence-corrected chi connectivity index (χ2v) is 5.99. The molecule has 0 amide bonds. The normalized spacial score (nSPS) is 12.4. The van der Waals surface area contributed by atoms with E-state index in [-0.39, 0.29) is 17.6 Å². The number of aryl methyl sites for hydroxylation is 1. The fraction of sp³-hybridized carbons (Fsp3) is 0.438. The first kappa shape index (κ1) is 15.9. The Bertz CT molecular complexity index is 585. The predicted molar refractivity (Wildman–Crippen MR) is 84.5 cm³/mol. The number of methoxy groups -OCH3 is 1. The van der Waals surface area contributed by atoms with Crippen LogP contribution in [-0.2, 0) is 6.42 Å². The molecule has 2 rings (SSSR count). The number of ether oxygens (including phenoxy) is 1. The summed E-state index contributed by atoms with van der Waals surface area (Å²) in [5.41, 5.74) is 1.63. The van der Waals surface area contributed by atoms with Gasteiger partial charge in [-0.3, -0.25) is 0 Å². The molecule has 5 heteroatoms. The Balaban J connectivity index is 2.26. The number of rotatable bonds is 7. The van der Waals surface area contributed by atoms with Crippen molar-refractivity contribution in [3.8, 4) is 5.75 Å². The molecule has 1 N–H and O–H groups in total. The van der Waals surface area contributed by atoms with Crippen molar-refractivity contribution in [2.75, 3.05) is 13.7 Å². The molecule has 21 heavy (non-hydrogen) atoms. The van der Waals surface area contributed by atoms with Gasteiger partial charge in [-0.15, -0.1) is 11.3 Å². The van der Waals surface area contributed by atoms with Crippen LogP contribution in [0.4, 0.5) is 4.39 Å². The Morgan fingerprint density at radius 2 is 2.24 bits per heavy atom. The van der Waals surface area contributed by atoms with E-state index in [1.54, 1.807) is 17.4 Å². The van der Waals surface area contributed by atoms with Gasteiger partial charge in [-0.05, 0) is 26.0 Å². The number of halogens is 1. The lowest BCUT2D eigenvalue weighted by molar-refractivity contribution is 0.379. The predicted octanol–water partition coefficient (Wildman–Crippen LogP) is 3.88. The highest BCUT2D eigenvalue weighted by Gasteiger charge is 2.19. The third-order valence-corrected chi connectivity index (χ3v) is 4.13. The summed E-state index contributed by atoms with van der Waals surface area (Å²) in [5.74, 6) is -0.00851. The van der Waals surface area contributed by atoms with Crippen LogP contribution in [-0.4, -0.2) is 18.6 Å². The number of nitrogens with one attached hydrogen (secondary N) is 1. The number of aromatic nitrogens is 1. The van der Waals surface area contributed by atoms with Crippen LogP contribution < -0.4 is 10.1 Å². The topological polar surface area (TPSA) is 34.2 Å². The minimum Gasteiger partial charge on any atom is -0.494 e. The van der Waals surface area contributed by atoms with Crippen molar-refractivity contribution < 1.29 is 9.13 Å². The number of benzene rings is 1. The number of nitrogens with zero attached hydrogens (tertiary/aromatic N) is 1. The van der Waals surface area contributed by atoms with Crippen molar-refractivity contribution in [2.24, 2.45) is 0 Å². The van der Waals surface area contributed by atoms with Gasteiger partial charge in [0.05, 0.1) is 17.8 Å². The first-order valence-electron chi connectivity index (χ1n) is 7.12. The smallest absolute Gasteiger partial charge is 0.169 e. The Kier molecular flexibility index (Phi) is 5.70. The maximum absolute atomic E-state index is 14.5. The highest BCUT2D eigenvalue weighted by Crippen LogP contribution is 2.27. The summed E-state index contributed by atoms with van der Waals surface area (Å²) < 4.78 is 19.6. The quantitative estimate of drug-likeness (QED) is 0.843. The van der Waals surface area contributed by atoms with Crippen molar-refractivity contribution in [1.82, 2.24) is 10.3 Å². The van der Waals surface area contributed by atoms with Crippen molar-refractivity contribution in [3.63, 3.8) is 0 Å². The third kappa shape index (κ3) is 4.02. The van der Waals surface area contributed by atoms with Crippen LogP contribution in [0.5, 0.6) is 5.75 Å². The van der Waals surface area contributed by atoms with Gasteiger partial charge in [0, 0.05) is 23.4 Å². The largest absolute Gasteiger partial charge is 0.494 e. The first-order valence-corrected chi connectivity index (χ1v) is 8.00. The summed E-state index contributed by atoms with van der Waals surface area (Å²) in [6.45, 7) is 4.91. The maximum Gasteiger partial charge on any atom is 0.169 e. The van der Waals surface area contributed by atoms with Crippen LogP contribution >= 0.6 is 11.3 Å². The molecular formula is C16H21FN2OS. The molecular weight excluding hydrogens is 287 g/mol. The molecule has 1 atom stereocenters. The first-order chi connectivity index (χ1) is 10.2. The van der Waals surface area contributed by atoms with Crippen LogP contribution in [0.3, 0.4) is 0 Å². The van der Waals surface area contributed by atoms with Gasteiger partial charge < -0.3 is 10.1 Å². The SMILES string of the molecule is CCCNC(Cc1csc(C)n1)c1cccc(OC)c1F. The van der Waals surface area contributed by atoms with Crippen molar-refractivity contribution >= 4 is 11.3 Å². The van der Waals surface area contributed by atoms with Crippen LogP contribution in [0.1, 0.15) is 35.7 Å². The molecule has 1 aromatic heterocycles. The van der Waals surface area contributed by atoms with Gasteiger partial charge in [0.15, 0.2) is 11.6 Å². The molecule has 0 spiro atoms. The van der Waals surface area contributed by atoms with Gasteiger partial charge in [-0.25, -0.2) is 9.37 Å². The van der Waals surface area contributed by atoms with E-state index in [0.29, 0.717) is 12.0 Å². The lowest BCUT2D eigenvalue weighted by atomic mass is 10.0. The molecule has 0 aliphatic rings. The van der Waals surface area contributed by atoms with E-state index in [1.807, 2.05) is 24.4 Å². The van der Waals surface area contributed by atoms with E-state index >= 15 is 0 Å². The summed E-state index contributed by atoms with van der Waals surface area (Å²) in [4.78, 5) is 4.48. The Morgan fingerprint density at radius 1 is 1.43 bits per heavy atom. The van der Waals surface area contributed by atoms with Gasteiger partial charge in [0.2, 0.25) is 0 Å². The Hall–Kier alpha value is -1.46. The highest BCUT2D eigenvalue weighted by molar-refractivity contribution is 7.09. The second-order valence-electron chi connectivity index (χ2n) is 4.93. The lowest BCUT2D eigenvalue weighted by Gasteiger charge is -2.19. The number of hydrogen-bond acceptors (Lipinski definition) is 4. The average molecular weight is 308 g/mol. The standard InChI is InChI=1S/C16H21FN2OS/c1-4-8-18-14(9-12-10-21-11(2)19-12)13-6-5-7-15(20-3)16(13)17/h5-7,10,14,18H,4,8-9H2,1-3H3. The summed E-state index contributed by atoms with van der Waals surface area (Å²) in [6.07, 6.45) is 1.67. The summed E-state index contributed by atoms with van der Waals surface area (Å²) >= 11 is 1.62. The molecule has 0 aliphatic heterocycles. The molecule has 0 saturated carbocycles. The van der Waals surface area contributed by atoms with Crippen molar-refractivity contribution in [1.29, 1.82) is 0 Å². The van der Waals surface area contributed by atoms with Crippen molar-refractivity contribution in [2.45, 2.75) is 32.7 Å². The van der Waals surface area contributed by atoms with Crippen LogP contribution in [0, 0.1) is 12.7 Å². The summed E-state index contributed by atoms with van der Waals surface area (Å²) in [6, 6.07) is 5.18. The molecule has 1 aromatic carbocycles. The Labute approximate surface area is 129 Å². The second kappa shape index (κ2) is 7.52. The van der Waals surface area contributed by atoms with Gasteiger partial charge in [0.1, 0.15) is 0 Å². The van der Waals surface area contributed by atoms with E-state index in [0.717, 1.165) is 23.7 Å². The van der Waals surface area contributed by atoms with Crippen LogP contribution in [0.15, 0.2) is 23.6 Å². The molecule has 0 fully saturated rings. The number of hydrogen-bond donors (Lipinski definition) is 1. The third-order valence-electron chi connectivity index (χ3n) is 3.31.